The third kappa shape index (κ3) is 7.26. The second-order valence-electron chi connectivity index (χ2n) is 19.9. The van der Waals surface area contributed by atoms with Crippen LogP contribution in [-0.4, -0.2) is 9.97 Å². The van der Waals surface area contributed by atoms with Gasteiger partial charge in [0.15, 0.2) is 5.82 Å². The van der Waals surface area contributed by atoms with Crippen LogP contribution in [0.15, 0.2) is 200 Å². The van der Waals surface area contributed by atoms with Gasteiger partial charge in [0.05, 0.1) is 11.4 Å². The molecule has 4 unspecified atom stereocenters. The summed E-state index contributed by atoms with van der Waals surface area (Å²) in [7, 11) is 0. The molecule has 0 spiro atoms. The Balaban J connectivity index is 0.996. The Morgan fingerprint density at radius 1 is 0.691 bits per heavy atom. The number of benzene rings is 6. The first-order valence-electron chi connectivity index (χ1n) is 24.7. The van der Waals surface area contributed by atoms with Gasteiger partial charge in [-0.3, -0.25) is 0 Å². The molecule has 0 N–H and O–H groups in total. The van der Waals surface area contributed by atoms with E-state index in [-0.39, 0.29) is 17.3 Å². The molecule has 12 rings (SSSR count). The average Bonchev–Trinajstić information content (AvgIpc) is 3.54. The van der Waals surface area contributed by atoms with Crippen LogP contribution in [0.5, 0.6) is 0 Å². The van der Waals surface area contributed by atoms with Crippen LogP contribution in [0.25, 0.3) is 61.6 Å². The van der Waals surface area contributed by atoms with Gasteiger partial charge in [0.25, 0.3) is 0 Å². The van der Waals surface area contributed by atoms with E-state index in [9.17, 15) is 0 Å². The van der Waals surface area contributed by atoms with Crippen molar-refractivity contribution in [3.63, 3.8) is 0 Å². The SMILES string of the molecule is C=C(c1ccccc1)c1cc2c(cc1-c1c(C)ccc3c1C=CCC3)-c1ccccc1C(c1cccc3c(-c4nc(C5=CCC6(C)C=CC=CC6=C5)cc(C5C=CC=CC5C)n4)cccc13)CC2. The maximum absolute atomic E-state index is 5.47. The molecule has 0 saturated heterocycles. The number of fused-ring (bicyclic) bond motifs is 6. The number of aromatic nitrogens is 2. The number of nitrogens with zero attached hydrogens (tertiary/aromatic N) is 2. The van der Waals surface area contributed by atoms with Crippen molar-refractivity contribution in [2.45, 2.75) is 64.7 Å². The predicted molar refractivity (Wildman–Crippen MR) is 286 cm³/mol. The lowest BCUT2D eigenvalue weighted by atomic mass is 9.72. The first kappa shape index (κ1) is 42.0. The third-order valence-electron chi connectivity index (χ3n) is 15.6. The second kappa shape index (κ2) is 17.0. The molecule has 0 fully saturated rings. The minimum Gasteiger partial charge on any atom is -0.232 e. The maximum atomic E-state index is 5.47. The Morgan fingerprint density at radius 2 is 1.50 bits per heavy atom. The molecule has 2 heteroatoms. The average molecular weight is 877 g/mol. The van der Waals surface area contributed by atoms with Gasteiger partial charge in [-0.2, -0.15) is 0 Å². The Kier molecular flexibility index (Phi) is 10.5. The molecule has 5 aliphatic carbocycles. The van der Waals surface area contributed by atoms with E-state index in [2.05, 4.69) is 215 Å². The molecule has 5 aliphatic rings. The molecule has 0 saturated carbocycles. The number of allylic oxidation sites excluding steroid dienone is 13. The normalized spacial score (nSPS) is 21.0. The molecule has 2 nitrogen and oxygen atoms in total. The summed E-state index contributed by atoms with van der Waals surface area (Å²) in [4.78, 5) is 10.9. The van der Waals surface area contributed by atoms with E-state index < -0.39 is 0 Å². The van der Waals surface area contributed by atoms with Gasteiger partial charge in [0.1, 0.15) is 0 Å². The van der Waals surface area contributed by atoms with Crippen LogP contribution in [0.4, 0.5) is 0 Å². The summed E-state index contributed by atoms with van der Waals surface area (Å²) in [6.45, 7) is 11.7. The molecule has 330 valence electrons. The van der Waals surface area contributed by atoms with Crippen molar-refractivity contribution in [2.75, 3.05) is 0 Å². The van der Waals surface area contributed by atoms with Gasteiger partial charge in [0.2, 0.25) is 0 Å². The van der Waals surface area contributed by atoms with Gasteiger partial charge in [0, 0.05) is 22.8 Å². The van der Waals surface area contributed by atoms with E-state index in [0.29, 0.717) is 5.92 Å². The van der Waals surface area contributed by atoms with Crippen molar-refractivity contribution in [3.05, 3.63) is 256 Å². The smallest absolute Gasteiger partial charge is 0.160 e. The van der Waals surface area contributed by atoms with Gasteiger partial charge in [-0.25, -0.2) is 9.97 Å². The molecule has 0 bridgehead atoms. The summed E-state index contributed by atoms with van der Waals surface area (Å²) < 4.78 is 0. The fraction of sp³-hybridized carbons (Fsp3) is 0.182. The van der Waals surface area contributed by atoms with Crippen molar-refractivity contribution in [1.29, 1.82) is 0 Å². The molecule has 4 atom stereocenters. The molecule has 6 aromatic carbocycles. The second-order valence-corrected chi connectivity index (χ2v) is 19.9. The number of aryl methyl sites for hydroxylation is 3. The maximum Gasteiger partial charge on any atom is 0.160 e. The largest absolute Gasteiger partial charge is 0.232 e. The minimum atomic E-state index is 0.00568. The van der Waals surface area contributed by atoms with Crippen LogP contribution < -0.4 is 0 Å². The zero-order chi connectivity index (χ0) is 45.9. The van der Waals surface area contributed by atoms with E-state index >= 15 is 0 Å². The lowest BCUT2D eigenvalue weighted by Gasteiger charge is -2.32. The first-order chi connectivity index (χ1) is 33.3. The predicted octanol–water partition coefficient (Wildman–Crippen LogP) is 16.7. The van der Waals surface area contributed by atoms with Crippen LogP contribution in [0, 0.1) is 18.3 Å². The Hall–Kier alpha value is -7.42. The summed E-state index contributed by atoms with van der Waals surface area (Å²) in [5, 5.41) is 2.44. The number of hydrogen-bond donors (Lipinski definition) is 0. The molecule has 1 heterocycles. The quantitative estimate of drug-likeness (QED) is 0.159. The monoisotopic (exact) mass is 876 g/mol. The fourth-order valence-electron chi connectivity index (χ4n) is 11.8. The van der Waals surface area contributed by atoms with Crippen molar-refractivity contribution in [1.82, 2.24) is 9.97 Å². The summed E-state index contributed by atoms with van der Waals surface area (Å²) in [5.41, 5.74) is 22.4. The highest BCUT2D eigenvalue weighted by atomic mass is 14.9. The van der Waals surface area contributed by atoms with Crippen molar-refractivity contribution >= 4 is 28.0 Å². The third-order valence-corrected chi connectivity index (χ3v) is 15.6. The molecule has 0 aliphatic heterocycles. The highest BCUT2D eigenvalue weighted by Gasteiger charge is 2.31. The van der Waals surface area contributed by atoms with E-state index in [1.54, 1.807) is 0 Å². The Labute approximate surface area is 402 Å². The van der Waals surface area contributed by atoms with E-state index in [1.807, 2.05) is 0 Å². The molecule has 1 aromatic heterocycles. The van der Waals surface area contributed by atoms with Crippen LogP contribution in [0.3, 0.4) is 0 Å². The topological polar surface area (TPSA) is 25.8 Å². The van der Waals surface area contributed by atoms with Gasteiger partial charge in [-0.05, 0) is 163 Å². The Morgan fingerprint density at radius 3 is 2.40 bits per heavy atom. The zero-order valence-corrected chi connectivity index (χ0v) is 39.3. The van der Waals surface area contributed by atoms with Crippen LogP contribution in [0.1, 0.15) is 101 Å². The summed E-state index contributed by atoms with van der Waals surface area (Å²) in [5.74, 6) is 1.44. The van der Waals surface area contributed by atoms with Crippen molar-refractivity contribution in [3.8, 4) is 33.6 Å². The Bertz CT molecular complexity index is 3440. The zero-order valence-electron chi connectivity index (χ0n) is 39.3. The minimum absolute atomic E-state index is 0.00568. The lowest BCUT2D eigenvalue weighted by molar-refractivity contribution is 0.528. The summed E-state index contributed by atoms with van der Waals surface area (Å²) in [6, 6.07) is 45.5. The van der Waals surface area contributed by atoms with Gasteiger partial charge < -0.3 is 0 Å². The molecule has 7 aromatic rings. The molecule has 68 heavy (non-hydrogen) atoms. The summed E-state index contributed by atoms with van der Waals surface area (Å²) >= 11 is 0. The standard InChI is InChI=1S/C66H56N2/c1-42-18-8-10-23-50(42)63-41-62(48-35-37-66(4)36-15-14-22-49(66)38-48)67-65(68-63)58-30-17-28-53-54(27-16-29-55(53)58)57-34-33-47-39-59(44(3)45-19-6-5-7-20-45)61(40-60(47)56-26-13-12-25-52(56)57)64-43(2)31-32-46-21-9-11-24-51(46)64/h5-8,10-20,22-32,35-36,38-42,50,57H,3,9,21,33-34,37H2,1-2,4H3. The highest BCUT2D eigenvalue weighted by Crippen LogP contribution is 2.49. The summed E-state index contributed by atoms with van der Waals surface area (Å²) in [6.07, 6.45) is 32.3. The lowest BCUT2D eigenvalue weighted by Crippen LogP contribution is -2.19. The van der Waals surface area contributed by atoms with Crippen molar-refractivity contribution < 1.29 is 0 Å². The number of rotatable bonds is 7. The van der Waals surface area contributed by atoms with Gasteiger partial charge in [-0.15, -0.1) is 0 Å². The molecule has 0 amide bonds. The number of hydrogen-bond acceptors (Lipinski definition) is 2. The fourth-order valence-corrected chi connectivity index (χ4v) is 11.8. The molecule has 0 radical (unpaired) electrons. The highest BCUT2D eigenvalue weighted by molar-refractivity contribution is 5.99. The van der Waals surface area contributed by atoms with Gasteiger partial charge in [-0.1, -0.05) is 190 Å². The first-order valence-corrected chi connectivity index (χ1v) is 24.7. The van der Waals surface area contributed by atoms with Crippen LogP contribution in [-0.2, 0) is 12.8 Å². The molecular weight excluding hydrogens is 821 g/mol. The van der Waals surface area contributed by atoms with E-state index in [0.717, 1.165) is 66.0 Å². The van der Waals surface area contributed by atoms with E-state index in [1.165, 1.54) is 83.1 Å². The van der Waals surface area contributed by atoms with E-state index in [4.69, 9.17) is 16.5 Å². The van der Waals surface area contributed by atoms with Crippen LogP contribution in [0.2, 0.25) is 0 Å². The van der Waals surface area contributed by atoms with Crippen molar-refractivity contribution in [2.24, 2.45) is 11.3 Å². The van der Waals surface area contributed by atoms with Crippen LogP contribution >= 0.6 is 0 Å². The molecular formula is C66H56N2. The van der Waals surface area contributed by atoms with Gasteiger partial charge >= 0.3 is 0 Å².